The molecule has 0 aromatic carbocycles. The van der Waals surface area contributed by atoms with Gasteiger partial charge in [-0.25, -0.2) is 4.98 Å². The van der Waals surface area contributed by atoms with E-state index in [9.17, 15) is 5.11 Å². The van der Waals surface area contributed by atoms with Crippen LogP contribution >= 0.6 is 27.5 Å². The zero-order valence-electron chi connectivity index (χ0n) is 10.4. The van der Waals surface area contributed by atoms with Crippen molar-refractivity contribution < 1.29 is 14.9 Å². The van der Waals surface area contributed by atoms with Gasteiger partial charge in [0.1, 0.15) is 9.76 Å². The van der Waals surface area contributed by atoms with E-state index in [0.717, 1.165) is 0 Å². The van der Waals surface area contributed by atoms with Crippen LogP contribution < -0.4 is 5.32 Å². The van der Waals surface area contributed by atoms with Gasteiger partial charge in [0.2, 0.25) is 0 Å². The fraction of sp³-hybridized carbons (Fsp3) is 0.545. The maximum atomic E-state index is 9.74. The lowest BCUT2D eigenvalue weighted by molar-refractivity contribution is 0.170. The van der Waals surface area contributed by atoms with Crippen LogP contribution in [-0.2, 0) is 4.74 Å². The van der Waals surface area contributed by atoms with Crippen LogP contribution in [0, 0.1) is 0 Å². The van der Waals surface area contributed by atoms with Gasteiger partial charge in [0.05, 0.1) is 12.7 Å². The third-order valence-electron chi connectivity index (χ3n) is 1.80. The molecule has 104 valence electrons. The lowest BCUT2D eigenvalue weighted by atomic mass is 10.1. The summed E-state index contributed by atoms with van der Waals surface area (Å²) in [7, 11) is 3.25. The molecule has 1 atom stereocenters. The van der Waals surface area contributed by atoms with Gasteiger partial charge in [0.25, 0.3) is 0 Å². The molecule has 0 aliphatic heterocycles. The Bertz CT molecular complexity index is 322. The van der Waals surface area contributed by atoms with E-state index in [1.54, 1.807) is 26.4 Å². The molecule has 0 saturated carbocycles. The van der Waals surface area contributed by atoms with E-state index in [1.807, 2.05) is 0 Å². The lowest BCUT2D eigenvalue weighted by Gasteiger charge is -2.12. The summed E-state index contributed by atoms with van der Waals surface area (Å²) in [6.45, 7) is 0.873. The summed E-state index contributed by atoms with van der Waals surface area (Å²) >= 11 is 8.94. The second-order valence-corrected chi connectivity index (χ2v) is 4.60. The van der Waals surface area contributed by atoms with Crippen molar-refractivity contribution in [2.45, 2.75) is 6.10 Å². The summed E-state index contributed by atoms with van der Waals surface area (Å²) in [5.74, 6) is 0. The van der Waals surface area contributed by atoms with E-state index < -0.39 is 6.10 Å². The SMILES string of the molecule is COC.OCCNCC(O)c1cc(Cl)nc(Br)c1. The average Bonchev–Trinajstić information content (AvgIpc) is 2.29. The van der Waals surface area contributed by atoms with Crippen molar-refractivity contribution in [3.63, 3.8) is 0 Å². The van der Waals surface area contributed by atoms with Crippen LogP contribution in [0.2, 0.25) is 5.15 Å². The number of methoxy groups -OCH3 is 1. The molecule has 0 fully saturated rings. The Labute approximate surface area is 120 Å². The molecule has 1 rings (SSSR count). The van der Waals surface area contributed by atoms with Crippen molar-refractivity contribution in [1.82, 2.24) is 10.3 Å². The zero-order valence-corrected chi connectivity index (χ0v) is 12.7. The van der Waals surface area contributed by atoms with Crippen molar-refractivity contribution in [1.29, 1.82) is 0 Å². The standard InChI is InChI=1S/C9H12BrClN2O2.C2H6O/c10-8-3-6(4-9(11)13-8)7(15)5-12-1-2-14;1-3-2/h3-4,7,12,14-15H,1-2,5H2;1-2H3. The maximum absolute atomic E-state index is 9.74. The Morgan fingerprint density at radius 3 is 2.61 bits per heavy atom. The average molecular weight is 342 g/mol. The molecule has 7 heteroatoms. The Kier molecular flexibility index (Phi) is 10.5. The van der Waals surface area contributed by atoms with Crippen LogP contribution in [0.3, 0.4) is 0 Å². The van der Waals surface area contributed by atoms with Gasteiger partial charge >= 0.3 is 0 Å². The summed E-state index contributed by atoms with van der Waals surface area (Å²) in [5.41, 5.74) is 0.687. The topological polar surface area (TPSA) is 74.6 Å². The van der Waals surface area contributed by atoms with Crippen LogP contribution in [0.5, 0.6) is 0 Å². The molecule has 3 N–H and O–H groups in total. The number of halogens is 2. The molecule has 0 saturated heterocycles. The number of ether oxygens (including phenoxy) is 1. The molecule has 1 aromatic heterocycles. The molecule has 0 aliphatic carbocycles. The van der Waals surface area contributed by atoms with Crippen LogP contribution in [0.4, 0.5) is 0 Å². The Morgan fingerprint density at radius 2 is 2.11 bits per heavy atom. The summed E-state index contributed by atoms with van der Waals surface area (Å²) in [4.78, 5) is 3.92. The van der Waals surface area contributed by atoms with Crippen molar-refractivity contribution in [2.75, 3.05) is 33.9 Å². The highest BCUT2D eigenvalue weighted by molar-refractivity contribution is 9.10. The van der Waals surface area contributed by atoms with E-state index in [0.29, 0.717) is 28.4 Å². The fourth-order valence-electron chi connectivity index (χ4n) is 1.11. The molecule has 0 amide bonds. The first-order valence-corrected chi connectivity index (χ1v) is 6.45. The number of pyridine rings is 1. The molecule has 1 unspecified atom stereocenters. The highest BCUT2D eigenvalue weighted by Crippen LogP contribution is 2.20. The molecule has 0 bridgehead atoms. The van der Waals surface area contributed by atoms with Crippen molar-refractivity contribution in [3.8, 4) is 0 Å². The minimum atomic E-state index is -0.659. The van der Waals surface area contributed by atoms with Gasteiger partial charge in [-0.05, 0) is 33.6 Å². The number of nitrogens with one attached hydrogen (secondary N) is 1. The number of rotatable bonds is 5. The Morgan fingerprint density at radius 1 is 1.50 bits per heavy atom. The summed E-state index contributed by atoms with van der Waals surface area (Å²) < 4.78 is 4.84. The molecular weight excluding hydrogens is 323 g/mol. The molecular formula is C11H18BrClN2O3. The lowest BCUT2D eigenvalue weighted by Crippen LogP contribution is -2.24. The van der Waals surface area contributed by atoms with Gasteiger partial charge in [-0.15, -0.1) is 0 Å². The number of hydrogen-bond donors (Lipinski definition) is 3. The number of hydrogen-bond acceptors (Lipinski definition) is 5. The molecule has 1 heterocycles. The van der Waals surface area contributed by atoms with Gasteiger partial charge in [-0.2, -0.15) is 0 Å². The van der Waals surface area contributed by atoms with E-state index in [-0.39, 0.29) is 6.61 Å². The zero-order chi connectivity index (χ0) is 14.0. The number of aromatic nitrogens is 1. The van der Waals surface area contributed by atoms with Gasteiger partial charge in [-0.3, -0.25) is 0 Å². The van der Waals surface area contributed by atoms with E-state index in [1.165, 1.54) is 0 Å². The molecule has 1 aromatic rings. The predicted octanol–water partition coefficient (Wildman–Crippen LogP) is 1.38. The minimum absolute atomic E-state index is 0.0491. The van der Waals surface area contributed by atoms with Crippen molar-refractivity contribution >= 4 is 27.5 Å². The molecule has 0 aliphatic rings. The summed E-state index contributed by atoms with van der Waals surface area (Å²) in [5, 5.41) is 21.5. The van der Waals surface area contributed by atoms with Crippen LogP contribution in [0.1, 0.15) is 11.7 Å². The number of nitrogens with zero attached hydrogens (tertiary/aromatic N) is 1. The normalized spacial score (nSPS) is 11.7. The van der Waals surface area contributed by atoms with Crippen molar-refractivity contribution in [2.24, 2.45) is 0 Å². The van der Waals surface area contributed by atoms with E-state index >= 15 is 0 Å². The number of aliphatic hydroxyl groups is 2. The first kappa shape index (κ1) is 17.8. The molecule has 0 spiro atoms. The Hall–Kier alpha value is -0.240. The van der Waals surface area contributed by atoms with Crippen molar-refractivity contribution in [3.05, 3.63) is 27.5 Å². The predicted molar refractivity (Wildman–Crippen MR) is 74.8 cm³/mol. The van der Waals surface area contributed by atoms with Crippen LogP contribution in [0.25, 0.3) is 0 Å². The quantitative estimate of drug-likeness (QED) is 0.557. The summed E-state index contributed by atoms with van der Waals surface area (Å²) in [6.07, 6.45) is -0.659. The minimum Gasteiger partial charge on any atom is -0.395 e. The van der Waals surface area contributed by atoms with Gasteiger partial charge < -0.3 is 20.3 Å². The van der Waals surface area contributed by atoms with Crippen LogP contribution in [-0.4, -0.2) is 49.1 Å². The second-order valence-electron chi connectivity index (χ2n) is 3.40. The van der Waals surface area contributed by atoms with E-state index in [2.05, 4.69) is 31.0 Å². The van der Waals surface area contributed by atoms with Gasteiger partial charge in [0, 0.05) is 27.3 Å². The third kappa shape index (κ3) is 7.97. The van der Waals surface area contributed by atoms with Gasteiger partial charge in [-0.1, -0.05) is 11.6 Å². The first-order chi connectivity index (χ1) is 8.54. The smallest absolute Gasteiger partial charge is 0.130 e. The maximum Gasteiger partial charge on any atom is 0.130 e. The number of aliphatic hydroxyl groups excluding tert-OH is 2. The monoisotopic (exact) mass is 340 g/mol. The highest BCUT2D eigenvalue weighted by atomic mass is 79.9. The van der Waals surface area contributed by atoms with E-state index in [4.69, 9.17) is 16.7 Å². The second kappa shape index (κ2) is 10.7. The van der Waals surface area contributed by atoms with Crippen LogP contribution in [0.15, 0.2) is 16.7 Å². The molecule has 0 radical (unpaired) electrons. The Balaban J connectivity index is 0.000000873. The largest absolute Gasteiger partial charge is 0.395 e. The first-order valence-electron chi connectivity index (χ1n) is 5.27. The molecule has 5 nitrogen and oxygen atoms in total. The fourth-order valence-corrected chi connectivity index (χ4v) is 1.89. The summed E-state index contributed by atoms with van der Waals surface area (Å²) in [6, 6.07) is 3.31. The molecule has 18 heavy (non-hydrogen) atoms. The van der Waals surface area contributed by atoms with Gasteiger partial charge in [0.15, 0.2) is 0 Å². The highest BCUT2D eigenvalue weighted by Gasteiger charge is 2.09. The third-order valence-corrected chi connectivity index (χ3v) is 2.40.